The van der Waals surface area contributed by atoms with Crippen molar-refractivity contribution in [1.82, 2.24) is 14.8 Å². The smallest absolute Gasteiger partial charge is 0.176 e. The number of phenols is 1. The minimum absolute atomic E-state index is 0.0824. The lowest BCUT2D eigenvalue weighted by molar-refractivity contribution is 0.475. The number of aromatic hydroxyl groups is 1. The highest BCUT2D eigenvalue weighted by atomic mass is 35.5. The summed E-state index contributed by atoms with van der Waals surface area (Å²) in [6, 6.07) is 10.8. The van der Waals surface area contributed by atoms with E-state index in [1.165, 1.54) is 0 Å². The van der Waals surface area contributed by atoms with E-state index < -0.39 is 0 Å². The highest BCUT2D eigenvalue weighted by Crippen LogP contribution is 2.24. The molecule has 0 saturated carbocycles. The Bertz CT molecular complexity index is 743. The van der Waals surface area contributed by atoms with Gasteiger partial charge in [0.2, 0.25) is 0 Å². The van der Waals surface area contributed by atoms with Gasteiger partial charge in [0.05, 0.1) is 10.7 Å². The summed E-state index contributed by atoms with van der Waals surface area (Å²) in [5.74, 6) is 0.811. The zero-order valence-electron chi connectivity index (χ0n) is 11.1. The second-order valence-corrected chi connectivity index (χ2v) is 4.87. The van der Waals surface area contributed by atoms with Gasteiger partial charge in [0, 0.05) is 25.1 Å². The molecular weight excluding hydrogens is 288 g/mol. The zero-order chi connectivity index (χ0) is 14.7. The molecule has 2 heterocycles. The third-order valence-corrected chi connectivity index (χ3v) is 3.31. The van der Waals surface area contributed by atoms with Crippen molar-refractivity contribution < 1.29 is 5.11 Å². The van der Waals surface area contributed by atoms with Gasteiger partial charge in [0.25, 0.3) is 0 Å². The van der Waals surface area contributed by atoms with E-state index in [-0.39, 0.29) is 5.75 Å². The van der Waals surface area contributed by atoms with Crippen LogP contribution in [0.4, 0.5) is 5.69 Å². The fourth-order valence-electron chi connectivity index (χ4n) is 1.97. The highest BCUT2D eigenvalue weighted by molar-refractivity contribution is 6.32. The number of benzene rings is 1. The first kappa shape index (κ1) is 13.5. The minimum Gasteiger partial charge on any atom is -0.506 e. The van der Waals surface area contributed by atoms with E-state index in [1.807, 2.05) is 30.5 Å². The molecule has 0 fully saturated rings. The molecule has 0 aliphatic heterocycles. The predicted molar refractivity (Wildman–Crippen MR) is 81.8 cm³/mol. The summed E-state index contributed by atoms with van der Waals surface area (Å²) in [5, 5.41) is 17.3. The average Bonchev–Trinajstić information content (AvgIpc) is 3.03. The van der Waals surface area contributed by atoms with Crippen LogP contribution in [0.5, 0.6) is 5.75 Å². The number of nitrogens with zero attached hydrogens (tertiary/aromatic N) is 3. The van der Waals surface area contributed by atoms with Crippen molar-refractivity contribution in [2.24, 2.45) is 0 Å². The lowest BCUT2D eigenvalue weighted by Crippen LogP contribution is -2.06. The highest BCUT2D eigenvalue weighted by Gasteiger charge is 2.06. The van der Waals surface area contributed by atoms with Gasteiger partial charge in [-0.3, -0.25) is 0 Å². The summed E-state index contributed by atoms with van der Waals surface area (Å²) in [6.45, 7) is 0.569. The molecule has 0 aliphatic rings. The molecule has 0 saturated heterocycles. The largest absolute Gasteiger partial charge is 0.506 e. The molecule has 2 N–H and O–H groups in total. The summed E-state index contributed by atoms with van der Waals surface area (Å²) in [6.07, 6.45) is 5.27. The van der Waals surface area contributed by atoms with Crippen molar-refractivity contribution in [3.63, 3.8) is 0 Å². The lowest BCUT2D eigenvalue weighted by atomic mass is 10.2. The van der Waals surface area contributed by atoms with Crippen LogP contribution in [0.1, 0.15) is 5.56 Å². The zero-order valence-corrected chi connectivity index (χ0v) is 11.8. The molecule has 21 heavy (non-hydrogen) atoms. The van der Waals surface area contributed by atoms with Gasteiger partial charge in [-0.05, 0) is 35.9 Å². The molecule has 3 rings (SSSR count). The van der Waals surface area contributed by atoms with Crippen LogP contribution in [0, 0.1) is 0 Å². The molecule has 1 aromatic carbocycles. The standard InChI is InChI=1S/C15H13ClN4O/c16-12-9-11(4-5-14(12)21)10-18-13-3-1-6-17-15(13)20-8-2-7-19-20/h1-9,18,21H,10H2. The fraction of sp³-hybridized carbons (Fsp3) is 0.0667. The molecule has 0 amide bonds. The van der Waals surface area contributed by atoms with E-state index in [4.69, 9.17) is 11.6 Å². The fourth-order valence-corrected chi connectivity index (χ4v) is 2.17. The van der Waals surface area contributed by atoms with E-state index in [1.54, 1.807) is 29.2 Å². The topological polar surface area (TPSA) is 63.0 Å². The Kier molecular flexibility index (Phi) is 3.75. The monoisotopic (exact) mass is 300 g/mol. The van der Waals surface area contributed by atoms with Crippen LogP contribution in [-0.4, -0.2) is 19.9 Å². The maximum atomic E-state index is 9.42. The van der Waals surface area contributed by atoms with Gasteiger partial charge in [0.1, 0.15) is 5.75 Å². The number of aromatic nitrogens is 3. The summed E-state index contributed by atoms with van der Waals surface area (Å²) < 4.78 is 1.70. The van der Waals surface area contributed by atoms with Crippen LogP contribution in [0.15, 0.2) is 55.0 Å². The Labute approximate surface area is 126 Å². The second kappa shape index (κ2) is 5.85. The third-order valence-electron chi connectivity index (χ3n) is 3.00. The van der Waals surface area contributed by atoms with Gasteiger partial charge >= 0.3 is 0 Å². The summed E-state index contributed by atoms with van der Waals surface area (Å²) in [5.41, 5.74) is 1.83. The van der Waals surface area contributed by atoms with E-state index in [0.29, 0.717) is 11.6 Å². The van der Waals surface area contributed by atoms with Gasteiger partial charge in [0.15, 0.2) is 5.82 Å². The van der Waals surface area contributed by atoms with Gasteiger partial charge in [-0.2, -0.15) is 5.10 Å². The number of halogens is 1. The third kappa shape index (κ3) is 2.98. The van der Waals surface area contributed by atoms with Crippen LogP contribution in [-0.2, 0) is 6.54 Å². The number of rotatable bonds is 4. The number of anilines is 1. The number of pyridine rings is 1. The minimum atomic E-state index is 0.0824. The Hall–Kier alpha value is -2.53. The molecule has 0 aliphatic carbocycles. The first-order valence-electron chi connectivity index (χ1n) is 6.40. The van der Waals surface area contributed by atoms with Crippen LogP contribution in [0.2, 0.25) is 5.02 Å². The Morgan fingerprint density at radius 1 is 1.19 bits per heavy atom. The summed E-state index contributed by atoms with van der Waals surface area (Å²) in [4.78, 5) is 4.34. The molecule has 6 heteroatoms. The summed E-state index contributed by atoms with van der Waals surface area (Å²) >= 11 is 5.90. The van der Waals surface area contributed by atoms with Crippen molar-refractivity contribution in [2.45, 2.75) is 6.54 Å². The van der Waals surface area contributed by atoms with Crippen LogP contribution < -0.4 is 5.32 Å². The molecule has 0 bridgehead atoms. The van der Waals surface area contributed by atoms with E-state index in [9.17, 15) is 5.11 Å². The number of hydrogen-bond acceptors (Lipinski definition) is 4. The van der Waals surface area contributed by atoms with Gasteiger partial charge in [-0.25, -0.2) is 9.67 Å². The molecule has 3 aromatic rings. The number of phenolic OH excluding ortho intramolecular Hbond substituents is 1. The predicted octanol–water partition coefficient (Wildman–Crippen LogP) is 3.24. The molecule has 0 spiro atoms. The Balaban J connectivity index is 1.81. The van der Waals surface area contributed by atoms with Crippen LogP contribution >= 0.6 is 11.6 Å². The maximum Gasteiger partial charge on any atom is 0.176 e. The number of nitrogens with one attached hydrogen (secondary N) is 1. The van der Waals surface area contributed by atoms with E-state index in [0.717, 1.165) is 17.1 Å². The molecule has 0 atom stereocenters. The average molecular weight is 301 g/mol. The van der Waals surface area contributed by atoms with Crippen molar-refractivity contribution in [3.05, 3.63) is 65.6 Å². The maximum absolute atomic E-state index is 9.42. The van der Waals surface area contributed by atoms with E-state index >= 15 is 0 Å². The molecule has 5 nitrogen and oxygen atoms in total. The molecule has 2 aromatic heterocycles. The Morgan fingerprint density at radius 2 is 2.10 bits per heavy atom. The summed E-state index contributed by atoms with van der Waals surface area (Å²) in [7, 11) is 0. The quantitative estimate of drug-likeness (QED) is 0.776. The van der Waals surface area contributed by atoms with Crippen molar-refractivity contribution in [1.29, 1.82) is 0 Å². The molecular formula is C15H13ClN4O. The second-order valence-electron chi connectivity index (χ2n) is 4.46. The van der Waals surface area contributed by atoms with Crippen molar-refractivity contribution >= 4 is 17.3 Å². The van der Waals surface area contributed by atoms with Crippen LogP contribution in [0.3, 0.4) is 0 Å². The first-order valence-corrected chi connectivity index (χ1v) is 6.78. The van der Waals surface area contributed by atoms with E-state index in [2.05, 4.69) is 15.4 Å². The first-order chi connectivity index (χ1) is 10.2. The van der Waals surface area contributed by atoms with Gasteiger partial charge in [-0.1, -0.05) is 17.7 Å². The lowest BCUT2D eigenvalue weighted by Gasteiger charge is -2.11. The normalized spacial score (nSPS) is 10.5. The SMILES string of the molecule is Oc1ccc(CNc2cccnc2-n2cccn2)cc1Cl. The number of hydrogen-bond donors (Lipinski definition) is 2. The molecule has 0 radical (unpaired) electrons. The van der Waals surface area contributed by atoms with Gasteiger partial charge in [-0.15, -0.1) is 0 Å². The Morgan fingerprint density at radius 3 is 2.86 bits per heavy atom. The van der Waals surface area contributed by atoms with Crippen molar-refractivity contribution in [2.75, 3.05) is 5.32 Å². The van der Waals surface area contributed by atoms with Gasteiger partial charge < -0.3 is 10.4 Å². The van der Waals surface area contributed by atoms with Crippen LogP contribution in [0.25, 0.3) is 5.82 Å². The molecule has 106 valence electrons. The van der Waals surface area contributed by atoms with Crippen molar-refractivity contribution in [3.8, 4) is 11.6 Å². The molecule has 0 unspecified atom stereocenters.